The number of nitrogens with zero attached hydrogens (tertiary/aromatic N) is 2. The van der Waals surface area contributed by atoms with E-state index in [0.717, 1.165) is 19.4 Å². The molecule has 1 aromatic heterocycles. The van der Waals surface area contributed by atoms with Crippen molar-refractivity contribution in [3.8, 4) is 0 Å². The molecule has 0 amide bonds. The topological polar surface area (TPSA) is 163 Å². The number of aromatic nitrogens is 2. The van der Waals surface area contributed by atoms with Crippen LogP contribution in [0.15, 0.2) is 41.3 Å². The first-order valence-corrected chi connectivity index (χ1v) is 14.3. The van der Waals surface area contributed by atoms with Gasteiger partial charge in [-0.25, -0.2) is 18.9 Å². The van der Waals surface area contributed by atoms with E-state index in [9.17, 15) is 18.9 Å². The second-order valence-corrected chi connectivity index (χ2v) is 11.2. The molecule has 0 spiro atoms. The first kappa shape index (κ1) is 31.9. The Hall–Kier alpha value is -2.98. The van der Waals surface area contributed by atoms with Crippen molar-refractivity contribution in [1.29, 1.82) is 0 Å². The summed E-state index contributed by atoms with van der Waals surface area (Å²) in [6.07, 6.45) is -5.60. The number of hydrogen-bond donors (Lipinski definition) is 1. The van der Waals surface area contributed by atoms with Gasteiger partial charge in [0, 0.05) is 31.9 Å². The van der Waals surface area contributed by atoms with Crippen LogP contribution >= 0.6 is 19.3 Å². The van der Waals surface area contributed by atoms with Gasteiger partial charge in [0.2, 0.25) is 6.23 Å². The molecule has 0 bridgehead atoms. The molecule has 18 heteroatoms. The lowest BCUT2D eigenvalue weighted by atomic mass is 10.1. The van der Waals surface area contributed by atoms with Crippen molar-refractivity contribution in [2.45, 2.75) is 36.9 Å². The minimum atomic E-state index is -4.04. The lowest BCUT2D eigenvalue weighted by Gasteiger charge is -2.30. The number of nitrogens with one attached hydrogen (secondary N) is 1. The maximum atomic E-state index is 15.5. The first-order chi connectivity index (χ1) is 20.0. The molecule has 4 rings (SSSR count). The number of hydrogen-bond acceptors (Lipinski definition) is 12. The average Bonchev–Trinajstić information content (AvgIpc) is 3.16. The predicted molar refractivity (Wildman–Crippen MR) is 139 cm³/mol. The number of methoxy groups -OCH3 is 2. The molecule has 3 heterocycles. The largest absolute Gasteiger partial charge is 0.461 e. The average molecular weight is 638 g/mol. The van der Waals surface area contributed by atoms with Crippen LogP contribution in [0.4, 0.5) is 14.6 Å². The Morgan fingerprint density at radius 3 is 2.64 bits per heavy atom. The molecule has 2 aliphatic heterocycles. The van der Waals surface area contributed by atoms with Gasteiger partial charge in [0.15, 0.2) is 6.10 Å². The van der Waals surface area contributed by atoms with Crippen molar-refractivity contribution in [2.75, 3.05) is 45.7 Å². The van der Waals surface area contributed by atoms with E-state index in [0.29, 0.717) is 21.6 Å². The zero-order chi connectivity index (χ0) is 30.5. The van der Waals surface area contributed by atoms with Crippen LogP contribution in [-0.2, 0) is 46.9 Å². The molecule has 14 nitrogen and oxygen atoms in total. The van der Waals surface area contributed by atoms with Crippen LogP contribution in [0, 0.1) is 0 Å². The maximum absolute atomic E-state index is 15.5. The molecule has 1 aromatic carbocycles. The number of ether oxygens (including phenoxy) is 5. The normalized spacial score (nSPS) is 26.9. The summed E-state index contributed by atoms with van der Waals surface area (Å²) in [4.78, 5) is 40.2. The number of esters is 2. The second-order valence-electron chi connectivity index (χ2n) is 9.04. The Bertz CT molecular complexity index is 1400. The fourth-order valence-electron chi connectivity index (χ4n) is 4.19. The van der Waals surface area contributed by atoms with E-state index in [1.54, 1.807) is 24.3 Å². The Balaban J connectivity index is 1.52. The summed E-state index contributed by atoms with van der Waals surface area (Å²) in [5, 5.41) is 2.88. The van der Waals surface area contributed by atoms with Crippen molar-refractivity contribution in [2.24, 2.45) is 0 Å². The number of anilines is 1. The highest BCUT2D eigenvalue weighted by molar-refractivity contribution is 7.55. The molecule has 2 aliphatic rings. The van der Waals surface area contributed by atoms with Crippen molar-refractivity contribution in [3.63, 3.8) is 0 Å². The maximum Gasteiger partial charge on any atom is 0.434 e. The molecule has 42 heavy (non-hydrogen) atoms. The van der Waals surface area contributed by atoms with E-state index in [4.69, 9.17) is 34.9 Å². The van der Waals surface area contributed by atoms with Crippen molar-refractivity contribution in [3.05, 3.63) is 57.6 Å². The number of carbonyl (C=O) groups excluding carboxylic acids is 2. The highest BCUT2D eigenvalue weighted by atomic mass is 35.5. The Morgan fingerprint density at radius 2 is 1.95 bits per heavy atom. The summed E-state index contributed by atoms with van der Waals surface area (Å²) >= 11 is 6.03. The molecular formula is C24H27ClF2N3O11P. The third kappa shape index (κ3) is 7.50. The fraction of sp³-hybridized carbons (Fsp3) is 0.500. The van der Waals surface area contributed by atoms with E-state index in [2.05, 4.69) is 19.5 Å². The minimum absolute atomic E-state index is 0.0418. The minimum Gasteiger partial charge on any atom is -0.461 e. The number of alkyl halides is 2. The lowest BCUT2D eigenvalue weighted by Crippen LogP contribution is -2.45. The van der Waals surface area contributed by atoms with Gasteiger partial charge in [-0.3, -0.25) is 18.7 Å². The highest BCUT2D eigenvalue weighted by Crippen LogP contribution is 2.55. The standard InChI is InChI=1S/C24H27ClF2N3O11P/c1-35-12-19(31)37-11-17-21(40-20(32)13-36-2)24(26,27)22(39-17)30-8-6-18(28-23(30)33)29-42(34)38-9-7-16(41-42)14-4-3-5-15(25)10-14/h3-6,8,10,16-17,21-22H,7,9,11-13H2,1-2H3,(H,28,29,33,34)/t16?,17-,21-,22-,42?/m1/s1. The molecule has 0 aliphatic carbocycles. The summed E-state index contributed by atoms with van der Waals surface area (Å²) in [6.45, 7) is -1.81. The predicted octanol–water partition coefficient (Wildman–Crippen LogP) is 2.88. The summed E-state index contributed by atoms with van der Waals surface area (Å²) < 4.78 is 80.0. The number of carbonyl (C=O) groups is 2. The number of halogens is 3. The van der Waals surface area contributed by atoms with Crippen molar-refractivity contribution < 1.29 is 55.7 Å². The molecule has 5 atom stereocenters. The van der Waals surface area contributed by atoms with Gasteiger partial charge < -0.3 is 23.7 Å². The van der Waals surface area contributed by atoms with Crippen LogP contribution in [0.2, 0.25) is 5.02 Å². The van der Waals surface area contributed by atoms with Gasteiger partial charge in [0.1, 0.15) is 31.7 Å². The SMILES string of the molecule is COCC(=O)OC[C@H]1O[C@@H](n2ccc(NP3(=O)OCCC(c4cccc(Cl)c4)O3)nc2=O)C(F)(F)[C@@H]1OC(=O)COC. The molecule has 2 saturated heterocycles. The van der Waals surface area contributed by atoms with E-state index in [-0.39, 0.29) is 12.4 Å². The molecule has 0 radical (unpaired) electrons. The molecule has 2 aromatic rings. The number of benzene rings is 1. The molecule has 1 N–H and O–H groups in total. The van der Waals surface area contributed by atoms with Crippen LogP contribution in [-0.4, -0.2) is 80.3 Å². The van der Waals surface area contributed by atoms with Gasteiger partial charge in [-0.15, -0.1) is 0 Å². The Morgan fingerprint density at radius 1 is 1.21 bits per heavy atom. The molecular weight excluding hydrogens is 611 g/mol. The van der Waals surface area contributed by atoms with Gasteiger partial charge >= 0.3 is 31.3 Å². The smallest absolute Gasteiger partial charge is 0.434 e. The third-order valence-corrected chi connectivity index (χ3v) is 7.80. The summed E-state index contributed by atoms with van der Waals surface area (Å²) in [7, 11) is -1.65. The fourth-order valence-corrected chi connectivity index (χ4v) is 5.88. The Labute approximate surface area is 242 Å². The molecule has 2 unspecified atom stereocenters. The zero-order valence-corrected chi connectivity index (χ0v) is 23.9. The van der Waals surface area contributed by atoms with Crippen LogP contribution < -0.4 is 10.8 Å². The molecule has 0 saturated carbocycles. The zero-order valence-electron chi connectivity index (χ0n) is 22.3. The van der Waals surface area contributed by atoms with E-state index < -0.39 is 75.7 Å². The van der Waals surface area contributed by atoms with Crippen LogP contribution in [0.25, 0.3) is 0 Å². The summed E-state index contributed by atoms with van der Waals surface area (Å²) in [5.41, 5.74) is -0.585. The lowest BCUT2D eigenvalue weighted by molar-refractivity contribution is -0.180. The van der Waals surface area contributed by atoms with Gasteiger partial charge in [-0.2, -0.15) is 13.8 Å². The first-order valence-electron chi connectivity index (χ1n) is 12.4. The molecule has 2 fully saturated rings. The van der Waals surface area contributed by atoms with Crippen LogP contribution in [0.3, 0.4) is 0 Å². The van der Waals surface area contributed by atoms with Crippen LogP contribution in [0.1, 0.15) is 24.3 Å². The monoisotopic (exact) mass is 637 g/mol. The van der Waals surface area contributed by atoms with Crippen molar-refractivity contribution >= 4 is 37.1 Å². The second kappa shape index (κ2) is 13.5. The van der Waals surface area contributed by atoms with E-state index in [1.165, 1.54) is 7.11 Å². The van der Waals surface area contributed by atoms with Gasteiger partial charge in [0.25, 0.3) is 0 Å². The number of rotatable bonds is 11. The van der Waals surface area contributed by atoms with E-state index >= 15 is 8.78 Å². The van der Waals surface area contributed by atoms with Crippen LogP contribution in [0.5, 0.6) is 0 Å². The van der Waals surface area contributed by atoms with E-state index in [1.807, 2.05) is 0 Å². The highest BCUT2D eigenvalue weighted by Gasteiger charge is 2.62. The molecule has 230 valence electrons. The summed E-state index contributed by atoms with van der Waals surface area (Å²) in [6, 6.07) is 7.83. The van der Waals surface area contributed by atoms with Crippen molar-refractivity contribution in [1.82, 2.24) is 9.55 Å². The van der Waals surface area contributed by atoms with Gasteiger partial charge in [-0.05, 0) is 23.8 Å². The van der Waals surface area contributed by atoms with Gasteiger partial charge in [-0.1, -0.05) is 23.7 Å². The third-order valence-electron chi connectivity index (χ3n) is 6.00. The summed E-state index contributed by atoms with van der Waals surface area (Å²) in [5.74, 6) is -6.31. The quantitative estimate of drug-likeness (QED) is 0.283. The Kier molecular flexibility index (Phi) is 10.3. The van der Waals surface area contributed by atoms with Gasteiger partial charge in [0.05, 0.1) is 12.7 Å².